The lowest BCUT2D eigenvalue weighted by atomic mass is 10.00. The zero-order chi connectivity index (χ0) is 14.4. The highest BCUT2D eigenvalue weighted by Gasteiger charge is 2.29. The van der Waals surface area contributed by atoms with Crippen LogP contribution in [0.2, 0.25) is 0 Å². The van der Waals surface area contributed by atoms with E-state index in [4.69, 9.17) is 0 Å². The van der Waals surface area contributed by atoms with Crippen LogP contribution in [-0.2, 0) is 10.2 Å². The van der Waals surface area contributed by atoms with Crippen LogP contribution in [0.5, 0.6) is 0 Å². The minimum atomic E-state index is -3.29. The third-order valence-electron chi connectivity index (χ3n) is 4.02. The van der Waals surface area contributed by atoms with E-state index in [-0.39, 0.29) is 0 Å². The predicted molar refractivity (Wildman–Crippen MR) is 85.2 cm³/mol. The Morgan fingerprint density at radius 1 is 1.25 bits per heavy atom. The first-order chi connectivity index (χ1) is 9.62. The molecule has 0 aromatic heterocycles. The minimum absolute atomic E-state index is 0.445. The molecule has 2 aliphatic heterocycles. The molecule has 2 atom stereocenters. The van der Waals surface area contributed by atoms with Crippen LogP contribution in [0.3, 0.4) is 0 Å². The lowest BCUT2D eigenvalue weighted by Crippen LogP contribution is -2.48. The van der Waals surface area contributed by atoms with Gasteiger partial charge in [-0.05, 0) is 50.4 Å². The zero-order valence-corrected chi connectivity index (χ0v) is 13.9. The summed E-state index contributed by atoms with van der Waals surface area (Å²) >= 11 is 1.89. The van der Waals surface area contributed by atoms with Gasteiger partial charge in [-0.15, -0.1) is 0 Å². The number of nitrogens with zero attached hydrogens (tertiary/aromatic N) is 1. The first-order valence-electron chi connectivity index (χ1n) is 7.69. The van der Waals surface area contributed by atoms with Crippen molar-refractivity contribution in [1.82, 2.24) is 14.3 Å². The highest BCUT2D eigenvalue weighted by atomic mass is 32.2. The molecular weight excluding hydrogens is 294 g/mol. The summed E-state index contributed by atoms with van der Waals surface area (Å²) in [7, 11) is -3.29. The van der Waals surface area contributed by atoms with Gasteiger partial charge in [0.1, 0.15) is 0 Å². The van der Waals surface area contributed by atoms with E-state index < -0.39 is 10.2 Å². The molecule has 0 saturated carbocycles. The molecule has 0 bridgehead atoms. The van der Waals surface area contributed by atoms with Gasteiger partial charge in [0.2, 0.25) is 0 Å². The van der Waals surface area contributed by atoms with Crippen LogP contribution >= 0.6 is 11.8 Å². The predicted octanol–water partition coefficient (Wildman–Crippen LogP) is 1.04. The molecule has 2 N–H and O–H groups in total. The van der Waals surface area contributed by atoms with Gasteiger partial charge in [-0.1, -0.05) is 6.92 Å². The van der Waals surface area contributed by atoms with Crippen molar-refractivity contribution in [3.63, 3.8) is 0 Å². The van der Waals surface area contributed by atoms with Crippen LogP contribution in [0, 0.1) is 5.92 Å². The van der Waals surface area contributed by atoms with E-state index in [2.05, 4.69) is 17.0 Å². The zero-order valence-electron chi connectivity index (χ0n) is 12.3. The van der Waals surface area contributed by atoms with Gasteiger partial charge >= 0.3 is 0 Å². The largest absolute Gasteiger partial charge is 0.317 e. The molecule has 0 aromatic carbocycles. The van der Waals surface area contributed by atoms with Crippen molar-refractivity contribution < 1.29 is 8.42 Å². The molecule has 20 heavy (non-hydrogen) atoms. The maximum absolute atomic E-state index is 12.3. The molecule has 2 aliphatic rings. The number of nitrogens with one attached hydrogen (secondary N) is 2. The quantitative estimate of drug-likeness (QED) is 0.735. The summed E-state index contributed by atoms with van der Waals surface area (Å²) in [5, 5.41) is 3.79. The second-order valence-corrected chi connectivity index (χ2v) is 8.83. The van der Waals surface area contributed by atoms with Crippen molar-refractivity contribution in [2.75, 3.05) is 38.5 Å². The fraction of sp³-hybridized carbons (Fsp3) is 1.00. The highest BCUT2D eigenvalue weighted by Crippen LogP contribution is 2.25. The first-order valence-corrected chi connectivity index (χ1v) is 10.2. The minimum Gasteiger partial charge on any atom is -0.317 e. The Kier molecular flexibility index (Phi) is 6.61. The SMILES string of the molecule is CCNCC1CCCN(S(=O)(=O)NCC2CCCS2)C1. The Balaban J connectivity index is 1.81. The summed E-state index contributed by atoms with van der Waals surface area (Å²) in [6.07, 6.45) is 4.44. The molecule has 2 unspecified atom stereocenters. The van der Waals surface area contributed by atoms with Gasteiger partial charge in [0, 0.05) is 24.9 Å². The van der Waals surface area contributed by atoms with Crippen molar-refractivity contribution in [3.8, 4) is 0 Å². The lowest BCUT2D eigenvalue weighted by molar-refractivity contribution is 0.259. The number of piperidine rings is 1. The second kappa shape index (κ2) is 7.98. The third kappa shape index (κ3) is 4.87. The Labute approximate surface area is 127 Å². The van der Waals surface area contributed by atoms with Crippen LogP contribution in [0.4, 0.5) is 0 Å². The number of rotatable bonds is 7. The summed E-state index contributed by atoms with van der Waals surface area (Å²) < 4.78 is 29.1. The van der Waals surface area contributed by atoms with Gasteiger partial charge in [-0.25, -0.2) is 4.72 Å². The molecule has 0 aromatic rings. The van der Waals surface area contributed by atoms with Crippen LogP contribution in [-0.4, -0.2) is 56.4 Å². The molecule has 0 amide bonds. The first kappa shape index (κ1) is 16.5. The van der Waals surface area contributed by atoms with E-state index in [0.29, 0.717) is 30.8 Å². The monoisotopic (exact) mass is 321 g/mol. The molecule has 5 nitrogen and oxygen atoms in total. The topological polar surface area (TPSA) is 61.4 Å². The summed E-state index contributed by atoms with van der Waals surface area (Å²) in [4.78, 5) is 0. The summed E-state index contributed by atoms with van der Waals surface area (Å²) in [6.45, 7) is 5.84. The molecule has 2 fully saturated rings. The smallest absolute Gasteiger partial charge is 0.279 e. The van der Waals surface area contributed by atoms with Crippen LogP contribution in [0.1, 0.15) is 32.6 Å². The summed E-state index contributed by atoms with van der Waals surface area (Å²) in [5.41, 5.74) is 0. The molecule has 0 spiro atoms. The lowest BCUT2D eigenvalue weighted by Gasteiger charge is -2.32. The maximum atomic E-state index is 12.3. The second-order valence-electron chi connectivity index (χ2n) is 5.66. The van der Waals surface area contributed by atoms with Crippen molar-refractivity contribution >= 4 is 22.0 Å². The van der Waals surface area contributed by atoms with Gasteiger partial charge in [0.15, 0.2) is 0 Å². The van der Waals surface area contributed by atoms with Gasteiger partial charge in [0.05, 0.1) is 0 Å². The van der Waals surface area contributed by atoms with Crippen molar-refractivity contribution in [1.29, 1.82) is 0 Å². The van der Waals surface area contributed by atoms with Gasteiger partial charge in [-0.2, -0.15) is 24.5 Å². The number of hydrogen-bond donors (Lipinski definition) is 2. The molecule has 0 radical (unpaired) electrons. The Morgan fingerprint density at radius 3 is 2.80 bits per heavy atom. The molecule has 0 aliphatic carbocycles. The Morgan fingerprint density at radius 2 is 2.10 bits per heavy atom. The van der Waals surface area contributed by atoms with Crippen molar-refractivity contribution in [2.45, 2.75) is 37.9 Å². The highest BCUT2D eigenvalue weighted by molar-refractivity contribution is 8.00. The summed E-state index contributed by atoms with van der Waals surface area (Å²) in [5.74, 6) is 1.61. The van der Waals surface area contributed by atoms with E-state index >= 15 is 0 Å². The van der Waals surface area contributed by atoms with Gasteiger partial charge < -0.3 is 5.32 Å². The molecule has 2 saturated heterocycles. The Hall–Kier alpha value is 0.180. The Bertz CT molecular complexity index is 383. The number of thioether (sulfide) groups is 1. The molecule has 2 rings (SSSR count). The molecule has 7 heteroatoms. The maximum Gasteiger partial charge on any atom is 0.279 e. The van der Waals surface area contributed by atoms with E-state index in [9.17, 15) is 8.42 Å². The van der Waals surface area contributed by atoms with E-state index in [1.165, 1.54) is 12.2 Å². The third-order valence-corrected chi connectivity index (χ3v) is 6.96. The van der Waals surface area contributed by atoms with Crippen LogP contribution < -0.4 is 10.0 Å². The average molecular weight is 322 g/mol. The van der Waals surface area contributed by atoms with E-state index in [1.54, 1.807) is 4.31 Å². The fourth-order valence-electron chi connectivity index (χ4n) is 2.86. The molecular formula is C13H27N3O2S2. The fourth-order valence-corrected chi connectivity index (χ4v) is 5.53. The van der Waals surface area contributed by atoms with Gasteiger partial charge in [-0.3, -0.25) is 0 Å². The van der Waals surface area contributed by atoms with Crippen molar-refractivity contribution in [2.24, 2.45) is 5.92 Å². The van der Waals surface area contributed by atoms with E-state index in [0.717, 1.165) is 32.4 Å². The van der Waals surface area contributed by atoms with Crippen LogP contribution in [0.15, 0.2) is 0 Å². The van der Waals surface area contributed by atoms with Crippen LogP contribution in [0.25, 0.3) is 0 Å². The average Bonchev–Trinajstić information content (AvgIpc) is 2.97. The van der Waals surface area contributed by atoms with E-state index in [1.807, 2.05) is 11.8 Å². The molecule has 118 valence electrons. The normalized spacial score (nSPS) is 28.9. The van der Waals surface area contributed by atoms with Crippen molar-refractivity contribution in [3.05, 3.63) is 0 Å². The summed E-state index contributed by atoms with van der Waals surface area (Å²) in [6, 6.07) is 0. The number of hydrogen-bond acceptors (Lipinski definition) is 4. The van der Waals surface area contributed by atoms with Gasteiger partial charge in [0.25, 0.3) is 10.2 Å². The molecule has 2 heterocycles. The standard InChI is InChI=1S/C13H27N3O2S2/c1-2-14-9-12-5-3-7-16(11-12)20(17,18)15-10-13-6-4-8-19-13/h12-15H,2-11H2,1H3.